The first-order valence-electron chi connectivity index (χ1n) is 5.94. The van der Waals surface area contributed by atoms with E-state index in [0.717, 1.165) is 45.0 Å². The average Bonchev–Trinajstić information content (AvgIpc) is 2.89. The maximum atomic E-state index is 5.88. The van der Waals surface area contributed by atoms with Crippen LogP contribution in [0.25, 0.3) is 0 Å². The summed E-state index contributed by atoms with van der Waals surface area (Å²) in [5, 5.41) is 0.735. The van der Waals surface area contributed by atoms with Gasteiger partial charge < -0.3 is 5.43 Å². The van der Waals surface area contributed by atoms with E-state index >= 15 is 0 Å². The zero-order valence-electron chi connectivity index (χ0n) is 10.2. The van der Waals surface area contributed by atoms with Crippen molar-refractivity contribution < 1.29 is 0 Å². The lowest BCUT2D eigenvalue weighted by atomic mass is 10.1. The number of hydrazine groups is 1. The molecule has 1 aromatic carbocycles. The third-order valence-electron chi connectivity index (χ3n) is 3.04. The highest BCUT2D eigenvalue weighted by Crippen LogP contribution is 2.32. The van der Waals surface area contributed by atoms with Crippen molar-refractivity contribution >= 4 is 29.2 Å². The number of hydrogen-bond donors (Lipinski definition) is 2. The summed E-state index contributed by atoms with van der Waals surface area (Å²) in [7, 11) is 0. The van der Waals surface area contributed by atoms with Crippen LogP contribution in [0.5, 0.6) is 0 Å². The van der Waals surface area contributed by atoms with E-state index in [0.29, 0.717) is 6.42 Å². The fraction of sp³-hybridized carbons (Fsp3) is 0.231. The first-order chi connectivity index (χ1) is 9.26. The number of anilines is 1. The third-order valence-corrected chi connectivity index (χ3v) is 4.26. The van der Waals surface area contributed by atoms with Crippen molar-refractivity contribution in [2.45, 2.75) is 17.9 Å². The number of rotatable bonds is 3. The maximum Gasteiger partial charge on any atom is 0.148 e. The molecule has 98 valence electrons. The standard InChI is InChI=1S/C13H13ClN4S/c14-9-3-1-8(2-4-9)5-12-16-11-7-19-6-10(11)13(17-12)18-15/h1-4H,5-7,15H2,(H,16,17,18). The van der Waals surface area contributed by atoms with E-state index in [1.54, 1.807) is 0 Å². The monoisotopic (exact) mass is 292 g/mol. The number of fused-ring (bicyclic) bond motifs is 1. The van der Waals surface area contributed by atoms with Crippen molar-refractivity contribution in [3.63, 3.8) is 0 Å². The molecule has 0 saturated carbocycles. The zero-order valence-corrected chi connectivity index (χ0v) is 11.8. The lowest BCUT2D eigenvalue weighted by molar-refractivity contribution is 0.926. The second-order valence-corrected chi connectivity index (χ2v) is 5.78. The Bertz CT molecular complexity index is 600. The zero-order chi connectivity index (χ0) is 13.2. The van der Waals surface area contributed by atoms with Crippen molar-refractivity contribution in [2.75, 3.05) is 5.43 Å². The molecule has 19 heavy (non-hydrogen) atoms. The summed E-state index contributed by atoms with van der Waals surface area (Å²) in [5.74, 6) is 8.93. The molecule has 6 heteroatoms. The molecule has 4 nitrogen and oxygen atoms in total. The predicted molar refractivity (Wildman–Crippen MR) is 79.1 cm³/mol. The highest BCUT2D eigenvalue weighted by molar-refractivity contribution is 7.98. The van der Waals surface area contributed by atoms with Gasteiger partial charge in [-0.3, -0.25) is 0 Å². The molecule has 2 heterocycles. The summed E-state index contributed by atoms with van der Waals surface area (Å²) in [6.45, 7) is 0. The molecular formula is C13H13ClN4S. The number of nitrogens with zero attached hydrogens (tertiary/aromatic N) is 2. The molecule has 1 aliphatic heterocycles. The van der Waals surface area contributed by atoms with Gasteiger partial charge in [-0.15, -0.1) is 0 Å². The smallest absolute Gasteiger partial charge is 0.148 e. The molecule has 1 aromatic heterocycles. The van der Waals surface area contributed by atoms with E-state index < -0.39 is 0 Å². The fourth-order valence-corrected chi connectivity index (χ4v) is 3.25. The van der Waals surface area contributed by atoms with E-state index in [1.165, 1.54) is 0 Å². The molecule has 0 spiro atoms. The summed E-state index contributed by atoms with van der Waals surface area (Å²) in [6.07, 6.45) is 0.684. The van der Waals surface area contributed by atoms with Crippen molar-refractivity contribution in [3.8, 4) is 0 Å². The van der Waals surface area contributed by atoms with E-state index in [2.05, 4.69) is 15.4 Å². The van der Waals surface area contributed by atoms with E-state index in [4.69, 9.17) is 17.4 Å². The summed E-state index contributed by atoms with van der Waals surface area (Å²) in [4.78, 5) is 9.11. The second-order valence-electron chi connectivity index (χ2n) is 4.35. The van der Waals surface area contributed by atoms with Crippen LogP contribution >= 0.6 is 23.4 Å². The fourth-order valence-electron chi connectivity index (χ4n) is 2.09. The van der Waals surface area contributed by atoms with Crippen LogP contribution in [0.3, 0.4) is 0 Å². The molecule has 0 unspecified atom stereocenters. The summed E-state index contributed by atoms with van der Waals surface area (Å²) in [5.41, 5.74) is 6.04. The van der Waals surface area contributed by atoms with E-state index in [9.17, 15) is 0 Å². The minimum Gasteiger partial charge on any atom is -0.308 e. The summed E-state index contributed by atoms with van der Waals surface area (Å²) < 4.78 is 0. The first-order valence-corrected chi connectivity index (χ1v) is 7.47. The van der Waals surface area contributed by atoms with Crippen LogP contribution in [0.1, 0.15) is 22.6 Å². The third kappa shape index (κ3) is 2.68. The molecule has 0 radical (unpaired) electrons. The molecule has 0 atom stereocenters. The van der Waals surface area contributed by atoms with Gasteiger partial charge in [-0.2, -0.15) is 11.8 Å². The minimum atomic E-state index is 0.684. The Morgan fingerprint density at radius 2 is 2.00 bits per heavy atom. The van der Waals surface area contributed by atoms with Crippen molar-refractivity contribution in [2.24, 2.45) is 5.84 Å². The topological polar surface area (TPSA) is 63.8 Å². The van der Waals surface area contributed by atoms with Crippen LogP contribution in [-0.2, 0) is 17.9 Å². The number of thioether (sulfide) groups is 1. The second kappa shape index (κ2) is 5.36. The van der Waals surface area contributed by atoms with Gasteiger partial charge in [-0.05, 0) is 17.7 Å². The van der Waals surface area contributed by atoms with Gasteiger partial charge in [0.15, 0.2) is 0 Å². The number of hydrogen-bond acceptors (Lipinski definition) is 5. The van der Waals surface area contributed by atoms with Gasteiger partial charge in [0.2, 0.25) is 0 Å². The highest BCUT2D eigenvalue weighted by atomic mass is 35.5. The van der Waals surface area contributed by atoms with Crippen molar-refractivity contribution in [1.29, 1.82) is 0 Å². The molecule has 3 rings (SSSR count). The van der Waals surface area contributed by atoms with Gasteiger partial charge in [0.25, 0.3) is 0 Å². The molecule has 0 aliphatic carbocycles. The summed E-state index contributed by atoms with van der Waals surface area (Å²) in [6, 6.07) is 7.73. The largest absolute Gasteiger partial charge is 0.308 e. The van der Waals surface area contributed by atoms with Crippen LogP contribution in [0.2, 0.25) is 5.02 Å². The van der Waals surface area contributed by atoms with Crippen molar-refractivity contribution in [1.82, 2.24) is 9.97 Å². The average molecular weight is 293 g/mol. The van der Waals surface area contributed by atoms with Crippen LogP contribution in [0.15, 0.2) is 24.3 Å². The number of nitrogens with two attached hydrogens (primary N) is 1. The Morgan fingerprint density at radius 3 is 2.74 bits per heavy atom. The number of aromatic nitrogens is 2. The maximum absolute atomic E-state index is 5.88. The molecular weight excluding hydrogens is 280 g/mol. The van der Waals surface area contributed by atoms with Gasteiger partial charge in [0.05, 0.1) is 5.69 Å². The first kappa shape index (κ1) is 12.7. The van der Waals surface area contributed by atoms with Gasteiger partial charge in [0, 0.05) is 28.5 Å². The van der Waals surface area contributed by atoms with E-state index in [1.807, 2.05) is 36.0 Å². The van der Waals surface area contributed by atoms with Gasteiger partial charge in [-0.1, -0.05) is 23.7 Å². The molecule has 0 saturated heterocycles. The van der Waals surface area contributed by atoms with Gasteiger partial charge in [0.1, 0.15) is 11.6 Å². The molecule has 0 amide bonds. The van der Waals surface area contributed by atoms with Gasteiger partial charge in [-0.25, -0.2) is 15.8 Å². The normalized spacial score (nSPS) is 13.4. The quantitative estimate of drug-likeness (QED) is 0.673. The molecule has 3 N–H and O–H groups in total. The molecule has 1 aliphatic rings. The Labute approximate surface area is 120 Å². The SMILES string of the molecule is NNc1nc(Cc2ccc(Cl)cc2)nc2c1CSC2. The molecule has 0 fully saturated rings. The van der Waals surface area contributed by atoms with Crippen LogP contribution < -0.4 is 11.3 Å². The predicted octanol–water partition coefficient (Wildman–Crippen LogP) is 2.75. The van der Waals surface area contributed by atoms with Gasteiger partial charge >= 0.3 is 0 Å². The molecule has 0 bridgehead atoms. The van der Waals surface area contributed by atoms with Crippen LogP contribution in [0, 0.1) is 0 Å². The number of halogens is 1. The Balaban J connectivity index is 1.91. The number of nitrogens with one attached hydrogen (secondary N) is 1. The van der Waals surface area contributed by atoms with Crippen molar-refractivity contribution in [3.05, 3.63) is 51.9 Å². The highest BCUT2D eigenvalue weighted by Gasteiger charge is 2.19. The summed E-state index contributed by atoms with van der Waals surface area (Å²) >= 11 is 7.71. The van der Waals surface area contributed by atoms with Crippen LogP contribution in [-0.4, -0.2) is 9.97 Å². The van der Waals surface area contributed by atoms with E-state index in [-0.39, 0.29) is 0 Å². The Kier molecular flexibility index (Phi) is 3.59. The van der Waals surface area contributed by atoms with Crippen LogP contribution in [0.4, 0.5) is 5.82 Å². The molecule has 2 aromatic rings. The Hall–Kier alpha value is -1.30. The number of benzene rings is 1. The number of nitrogen functional groups attached to an aromatic ring is 1. The lowest BCUT2D eigenvalue weighted by Crippen LogP contribution is -2.14. The lowest BCUT2D eigenvalue weighted by Gasteiger charge is -2.09. The Morgan fingerprint density at radius 1 is 1.21 bits per heavy atom. The minimum absolute atomic E-state index is 0.684.